The molecule has 0 radical (unpaired) electrons. The monoisotopic (exact) mass is 264 g/mol. The van der Waals surface area contributed by atoms with Crippen LogP contribution in [0.1, 0.15) is 32.6 Å². The number of carbonyl (C=O) groups excluding carboxylic acids is 2. The topological polar surface area (TPSA) is 81.4 Å². The lowest BCUT2D eigenvalue weighted by Gasteiger charge is -2.16. The maximum atomic E-state index is 11.6. The lowest BCUT2D eigenvalue weighted by Crippen LogP contribution is -2.41. The average Bonchev–Trinajstić information content (AvgIpc) is 2.63. The van der Waals surface area contributed by atoms with Crippen LogP contribution in [0.4, 0.5) is 0 Å². The summed E-state index contributed by atoms with van der Waals surface area (Å²) in [6.07, 6.45) is 3.49. The number of nitrogens with one attached hydrogen (secondary N) is 1. The highest BCUT2D eigenvalue weighted by Gasteiger charge is 2.27. The Bertz CT molecular complexity index is 273. The molecule has 0 aromatic rings. The first kappa shape index (κ1) is 16.2. The third kappa shape index (κ3) is 4.91. The summed E-state index contributed by atoms with van der Waals surface area (Å²) in [6.45, 7) is 1.61. The largest absolute Gasteiger partial charge is 0.467 e. The number of amides is 1. The van der Waals surface area contributed by atoms with Crippen molar-refractivity contribution >= 4 is 24.3 Å². The van der Waals surface area contributed by atoms with Crippen molar-refractivity contribution < 1.29 is 14.3 Å². The van der Waals surface area contributed by atoms with Crippen LogP contribution in [0.2, 0.25) is 0 Å². The van der Waals surface area contributed by atoms with Crippen molar-refractivity contribution in [2.75, 3.05) is 7.11 Å². The third-order valence-corrected chi connectivity index (χ3v) is 3.10. The van der Waals surface area contributed by atoms with Gasteiger partial charge in [0.15, 0.2) is 0 Å². The van der Waals surface area contributed by atoms with Crippen LogP contribution in [0.25, 0.3) is 0 Å². The van der Waals surface area contributed by atoms with Crippen molar-refractivity contribution in [2.45, 2.75) is 44.7 Å². The first-order valence-electron chi connectivity index (χ1n) is 5.67. The van der Waals surface area contributed by atoms with Gasteiger partial charge < -0.3 is 15.8 Å². The number of hydrogen-bond donors (Lipinski definition) is 2. The normalized spacial score (nSPS) is 24.6. The number of carbonyl (C=O) groups is 2. The smallest absolute Gasteiger partial charge is 0.328 e. The molecule has 1 saturated carbocycles. The predicted molar refractivity (Wildman–Crippen MR) is 66.8 cm³/mol. The Kier molecular flexibility index (Phi) is 7.15. The number of ether oxygens (including phenoxy) is 1. The number of nitrogens with two attached hydrogens (primary N) is 1. The summed E-state index contributed by atoms with van der Waals surface area (Å²) in [5, 5.41) is 2.61. The Hall–Kier alpha value is -0.810. The lowest BCUT2D eigenvalue weighted by molar-refractivity contribution is -0.144. The van der Waals surface area contributed by atoms with Gasteiger partial charge >= 0.3 is 5.97 Å². The first-order valence-corrected chi connectivity index (χ1v) is 5.67. The summed E-state index contributed by atoms with van der Waals surface area (Å²) < 4.78 is 4.53. The van der Waals surface area contributed by atoms with E-state index in [0.717, 1.165) is 19.3 Å². The molecule has 6 heteroatoms. The van der Waals surface area contributed by atoms with Crippen molar-refractivity contribution in [3.05, 3.63) is 0 Å². The maximum absolute atomic E-state index is 11.6. The van der Waals surface area contributed by atoms with E-state index in [2.05, 4.69) is 10.1 Å². The molecule has 17 heavy (non-hydrogen) atoms. The third-order valence-electron chi connectivity index (χ3n) is 3.10. The molecular formula is C11H21ClN2O3. The molecule has 1 amide bonds. The van der Waals surface area contributed by atoms with E-state index in [4.69, 9.17) is 5.73 Å². The second-order valence-corrected chi connectivity index (χ2v) is 4.37. The number of halogens is 1. The minimum atomic E-state index is -0.588. The van der Waals surface area contributed by atoms with Gasteiger partial charge in [0.05, 0.1) is 7.11 Å². The van der Waals surface area contributed by atoms with Gasteiger partial charge in [-0.25, -0.2) is 4.79 Å². The lowest BCUT2D eigenvalue weighted by atomic mass is 10.00. The summed E-state index contributed by atoms with van der Waals surface area (Å²) in [5.74, 6) is -0.297. The fourth-order valence-corrected chi connectivity index (χ4v) is 2.09. The number of esters is 1. The molecule has 0 saturated heterocycles. The fraction of sp³-hybridized carbons (Fsp3) is 0.818. The average molecular weight is 265 g/mol. The highest BCUT2D eigenvalue weighted by atomic mass is 35.5. The maximum Gasteiger partial charge on any atom is 0.328 e. The van der Waals surface area contributed by atoms with Crippen LogP contribution < -0.4 is 11.1 Å². The second-order valence-electron chi connectivity index (χ2n) is 4.37. The Labute approximate surface area is 108 Å². The zero-order valence-electron chi connectivity index (χ0n) is 10.3. The zero-order chi connectivity index (χ0) is 12.1. The Morgan fingerprint density at radius 1 is 1.47 bits per heavy atom. The molecule has 0 unspecified atom stereocenters. The van der Waals surface area contributed by atoms with Gasteiger partial charge in [-0.2, -0.15) is 0 Å². The van der Waals surface area contributed by atoms with Crippen LogP contribution in [0, 0.1) is 5.92 Å². The predicted octanol–water partition coefficient (Wildman–Crippen LogP) is 0.603. The second kappa shape index (κ2) is 7.50. The number of rotatable bonds is 4. The molecule has 1 rings (SSSR count). The van der Waals surface area contributed by atoms with E-state index in [-0.39, 0.29) is 30.3 Å². The standard InChI is InChI=1S/C11H20N2O3.ClH/c1-7(11(15)16-2)13-10(14)6-8-4-3-5-9(8)12;/h7-9H,3-6,12H2,1-2H3,(H,13,14);1H/t7-,8-,9+;/m0./s1. The van der Waals surface area contributed by atoms with Crippen LogP contribution in [0.3, 0.4) is 0 Å². The van der Waals surface area contributed by atoms with Gasteiger partial charge in [0.25, 0.3) is 0 Å². The van der Waals surface area contributed by atoms with E-state index in [1.165, 1.54) is 7.11 Å². The quantitative estimate of drug-likeness (QED) is 0.729. The van der Waals surface area contributed by atoms with Crippen molar-refractivity contribution in [1.29, 1.82) is 0 Å². The molecule has 100 valence electrons. The highest BCUT2D eigenvalue weighted by Crippen LogP contribution is 2.26. The molecule has 1 aliphatic rings. The minimum Gasteiger partial charge on any atom is -0.467 e. The van der Waals surface area contributed by atoms with Gasteiger partial charge in [0.1, 0.15) is 6.04 Å². The molecule has 0 spiro atoms. The van der Waals surface area contributed by atoms with Gasteiger partial charge in [-0.3, -0.25) is 4.79 Å². The van der Waals surface area contributed by atoms with Crippen LogP contribution in [0.15, 0.2) is 0 Å². The van der Waals surface area contributed by atoms with Gasteiger partial charge in [-0.1, -0.05) is 6.42 Å². The van der Waals surface area contributed by atoms with E-state index in [9.17, 15) is 9.59 Å². The van der Waals surface area contributed by atoms with Gasteiger partial charge in [0.2, 0.25) is 5.91 Å². The van der Waals surface area contributed by atoms with Gasteiger partial charge in [-0.15, -0.1) is 12.4 Å². The summed E-state index contributed by atoms with van der Waals surface area (Å²) in [6, 6.07) is -0.464. The molecule has 5 nitrogen and oxygen atoms in total. The fourth-order valence-electron chi connectivity index (χ4n) is 2.09. The van der Waals surface area contributed by atoms with Gasteiger partial charge in [-0.05, 0) is 25.7 Å². The van der Waals surface area contributed by atoms with Crippen LogP contribution >= 0.6 is 12.4 Å². The SMILES string of the molecule is COC(=O)[C@H](C)NC(=O)C[C@@H]1CCC[C@H]1N.Cl. The van der Waals surface area contributed by atoms with Crippen LogP contribution in [-0.2, 0) is 14.3 Å². The Morgan fingerprint density at radius 2 is 2.12 bits per heavy atom. The zero-order valence-corrected chi connectivity index (χ0v) is 11.1. The van der Waals surface area contributed by atoms with E-state index < -0.39 is 12.0 Å². The summed E-state index contributed by atoms with van der Waals surface area (Å²) >= 11 is 0. The molecule has 0 aromatic carbocycles. The molecule has 1 fully saturated rings. The van der Waals surface area contributed by atoms with Crippen molar-refractivity contribution in [2.24, 2.45) is 11.7 Å². The molecule has 1 aliphatic carbocycles. The Balaban J connectivity index is 0.00000256. The summed E-state index contributed by atoms with van der Waals surface area (Å²) in [4.78, 5) is 22.7. The van der Waals surface area contributed by atoms with Crippen molar-refractivity contribution in [3.63, 3.8) is 0 Å². The summed E-state index contributed by atoms with van der Waals surface area (Å²) in [5.41, 5.74) is 5.87. The Morgan fingerprint density at radius 3 is 2.59 bits per heavy atom. The van der Waals surface area contributed by atoms with E-state index in [1.54, 1.807) is 6.92 Å². The molecule has 0 aromatic heterocycles. The number of hydrogen-bond acceptors (Lipinski definition) is 4. The van der Waals surface area contributed by atoms with Crippen molar-refractivity contribution in [1.82, 2.24) is 5.32 Å². The molecule has 3 atom stereocenters. The molecule has 3 N–H and O–H groups in total. The van der Waals surface area contributed by atoms with Gasteiger partial charge in [0, 0.05) is 12.5 Å². The van der Waals surface area contributed by atoms with E-state index in [0.29, 0.717) is 6.42 Å². The van der Waals surface area contributed by atoms with Crippen LogP contribution in [-0.4, -0.2) is 31.1 Å². The molecule has 0 aliphatic heterocycles. The van der Waals surface area contributed by atoms with E-state index >= 15 is 0 Å². The molecular weight excluding hydrogens is 244 g/mol. The minimum absolute atomic E-state index is 0. The molecule has 0 bridgehead atoms. The number of methoxy groups -OCH3 is 1. The van der Waals surface area contributed by atoms with Crippen molar-refractivity contribution in [3.8, 4) is 0 Å². The van der Waals surface area contributed by atoms with Crippen LogP contribution in [0.5, 0.6) is 0 Å². The first-order chi connectivity index (χ1) is 7.54. The highest BCUT2D eigenvalue weighted by molar-refractivity contribution is 5.85. The van der Waals surface area contributed by atoms with E-state index in [1.807, 2.05) is 0 Å². The summed E-state index contributed by atoms with van der Waals surface area (Å²) in [7, 11) is 1.30. The molecule has 0 heterocycles.